The zero-order valence-corrected chi connectivity index (χ0v) is 14.3. The monoisotopic (exact) mass is 365 g/mol. The van der Waals surface area contributed by atoms with Crippen LogP contribution in [0, 0.1) is 0 Å². The largest absolute Gasteiger partial charge is 0.477 e. The third-order valence-electron chi connectivity index (χ3n) is 4.12. The Morgan fingerprint density at radius 3 is 2.58 bits per heavy atom. The number of halogens is 1. The second-order valence-corrected chi connectivity index (χ2v) is 6.15. The summed E-state index contributed by atoms with van der Waals surface area (Å²) in [5.41, 5.74) is 1.63. The number of pyridine rings is 1. The van der Waals surface area contributed by atoms with Gasteiger partial charge in [-0.05, 0) is 12.1 Å². The molecule has 0 saturated carbocycles. The van der Waals surface area contributed by atoms with Crippen LogP contribution in [-0.4, -0.2) is 19.5 Å². The van der Waals surface area contributed by atoms with Crippen molar-refractivity contribution in [3.05, 3.63) is 88.3 Å². The van der Waals surface area contributed by atoms with Crippen LogP contribution in [-0.2, 0) is 6.54 Å². The van der Waals surface area contributed by atoms with Crippen LogP contribution in [0.5, 0.6) is 5.88 Å². The average Bonchev–Trinajstić information content (AvgIpc) is 2.67. The Kier molecular flexibility index (Phi) is 4.10. The van der Waals surface area contributed by atoms with Gasteiger partial charge in [-0.1, -0.05) is 35.9 Å². The Morgan fingerprint density at radius 1 is 1.08 bits per heavy atom. The molecule has 0 saturated heterocycles. The third-order valence-corrected chi connectivity index (χ3v) is 4.45. The van der Waals surface area contributed by atoms with Crippen LogP contribution in [0.4, 0.5) is 0 Å². The first kappa shape index (κ1) is 16.2. The molecule has 0 aliphatic heterocycles. The van der Waals surface area contributed by atoms with Gasteiger partial charge >= 0.3 is 5.56 Å². The summed E-state index contributed by atoms with van der Waals surface area (Å²) < 4.78 is 3.13. The molecule has 7 heteroatoms. The third kappa shape index (κ3) is 2.70. The van der Waals surface area contributed by atoms with Crippen molar-refractivity contribution < 1.29 is 9.67 Å². The van der Waals surface area contributed by atoms with Crippen LogP contribution in [0.2, 0.25) is 5.02 Å². The number of hydrogen-bond acceptors (Lipinski definition) is 4. The number of aromatic nitrogens is 4. The summed E-state index contributed by atoms with van der Waals surface area (Å²) in [5.74, 6) is -0.154. The topological polar surface area (TPSA) is 71.4 Å². The SMILES string of the molecule is O=c1c(-c2ccccc2Cl)c(O)[n+](Cc2cncnc2)c2ccccn12. The van der Waals surface area contributed by atoms with Crippen molar-refractivity contribution in [2.24, 2.45) is 0 Å². The van der Waals surface area contributed by atoms with Crippen molar-refractivity contribution in [3.63, 3.8) is 0 Å². The predicted octanol–water partition coefficient (Wildman–Crippen LogP) is 2.45. The molecule has 3 heterocycles. The highest BCUT2D eigenvalue weighted by Crippen LogP contribution is 2.29. The van der Waals surface area contributed by atoms with E-state index >= 15 is 0 Å². The van der Waals surface area contributed by atoms with Gasteiger partial charge in [-0.15, -0.1) is 0 Å². The fraction of sp³-hybridized carbons (Fsp3) is 0.0526. The van der Waals surface area contributed by atoms with Crippen LogP contribution in [0.15, 0.2) is 72.2 Å². The summed E-state index contributed by atoms with van der Waals surface area (Å²) in [6.07, 6.45) is 6.44. The zero-order valence-electron chi connectivity index (χ0n) is 13.6. The maximum absolute atomic E-state index is 13.0. The minimum absolute atomic E-state index is 0.149. The van der Waals surface area contributed by atoms with Gasteiger partial charge < -0.3 is 5.11 Å². The number of rotatable bonds is 3. The van der Waals surface area contributed by atoms with Gasteiger partial charge in [0, 0.05) is 34.6 Å². The normalized spacial score (nSPS) is 11.0. The van der Waals surface area contributed by atoms with Gasteiger partial charge in [-0.25, -0.2) is 14.8 Å². The molecule has 26 heavy (non-hydrogen) atoms. The Hall–Kier alpha value is -3.25. The molecule has 6 nitrogen and oxygen atoms in total. The van der Waals surface area contributed by atoms with Crippen LogP contribution in [0.1, 0.15) is 5.56 Å². The van der Waals surface area contributed by atoms with E-state index in [9.17, 15) is 9.90 Å². The predicted molar refractivity (Wildman–Crippen MR) is 97.1 cm³/mol. The Balaban J connectivity index is 2.05. The molecule has 1 aromatic carbocycles. The lowest BCUT2D eigenvalue weighted by atomic mass is 10.1. The van der Waals surface area contributed by atoms with Crippen molar-refractivity contribution >= 4 is 17.2 Å². The molecule has 0 amide bonds. The smallest absolute Gasteiger partial charge is 0.354 e. The van der Waals surface area contributed by atoms with Gasteiger partial charge in [-0.3, -0.25) is 0 Å². The average molecular weight is 366 g/mol. The summed E-state index contributed by atoms with van der Waals surface area (Å²) in [5, 5.41) is 11.4. The van der Waals surface area contributed by atoms with Gasteiger partial charge in [0.05, 0.1) is 6.20 Å². The second kappa shape index (κ2) is 6.57. The number of aromatic hydroxyl groups is 1. The first-order valence-electron chi connectivity index (χ1n) is 7.92. The van der Waals surface area contributed by atoms with E-state index in [-0.39, 0.29) is 17.0 Å². The highest BCUT2D eigenvalue weighted by atomic mass is 35.5. The maximum Gasteiger partial charge on any atom is 0.354 e. The lowest BCUT2D eigenvalue weighted by Crippen LogP contribution is -2.41. The van der Waals surface area contributed by atoms with Crippen LogP contribution in [0.25, 0.3) is 16.8 Å². The molecule has 0 atom stereocenters. The maximum atomic E-state index is 13.0. The van der Waals surface area contributed by atoms with Gasteiger partial charge in [0.2, 0.25) is 0 Å². The fourth-order valence-corrected chi connectivity index (χ4v) is 3.17. The van der Waals surface area contributed by atoms with Gasteiger partial charge in [0.25, 0.3) is 11.5 Å². The molecule has 0 aliphatic carbocycles. The van der Waals surface area contributed by atoms with E-state index in [2.05, 4.69) is 9.97 Å². The standard InChI is InChI=1S/C19H13ClN4O2/c20-15-6-2-1-5-14(15)17-18(25)23-8-4-3-7-16(23)24(19(17)26)11-13-9-21-12-22-10-13/h1-10,12H,11H2/p+1. The van der Waals surface area contributed by atoms with Crippen molar-refractivity contribution in [2.75, 3.05) is 0 Å². The van der Waals surface area contributed by atoms with E-state index in [0.29, 0.717) is 22.8 Å². The molecule has 4 rings (SSSR count). The lowest BCUT2D eigenvalue weighted by molar-refractivity contribution is -0.671. The Morgan fingerprint density at radius 2 is 1.81 bits per heavy atom. The number of benzene rings is 1. The highest BCUT2D eigenvalue weighted by Gasteiger charge is 2.26. The van der Waals surface area contributed by atoms with E-state index in [1.54, 1.807) is 65.6 Å². The molecule has 0 unspecified atom stereocenters. The Labute approximate surface area is 153 Å². The minimum atomic E-state index is -0.341. The van der Waals surface area contributed by atoms with Gasteiger partial charge in [-0.2, -0.15) is 8.97 Å². The summed E-state index contributed by atoms with van der Waals surface area (Å²) in [6.45, 7) is 0.303. The molecule has 0 spiro atoms. The molecule has 0 radical (unpaired) electrons. The van der Waals surface area contributed by atoms with E-state index in [0.717, 1.165) is 5.56 Å². The first-order valence-corrected chi connectivity index (χ1v) is 8.29. The first-order chi connectivity index (χ1) is 12.7. The molecular formula is C19H14ClN4O2+. The van der Waals surface area contributed by atoms with E-state index in [1.807, 2.05) is 0 Å². The van der Waals surface area contributed by atoms with Crippen molar-refractivity contribution in [1.29, 1.82) is 0 Å². The van der Waals surface area contributed by atoms with Crippen LogP contribution >= 0.6 is 11.6 Å². The number of fused-ring (bicyclic) bond motifs is 1. The van der Waals surface area contributed by atoms with Crippen molar-refractivity contribution in [1.82, 2.24) is 14.4 Å². The lowest BCUT2D eigenvalue weighted by Gasteiger charge is -2.10. The summed E-state index contributed by atoms with van der Waals surface area (Å²) in [4.78, 5) is 21.0. The quantitative estimate of drug-likeness (QED) is 0.566. The fourth-order valence-electron chi connectivity index (χ4n) is 2.94. The zero-order chi connectivity index (χ0) is 18.1. The molecule has 3 aromatic heterocycles. The van der Waals surface area contributed by atoms with Crippen molar-refractivity contribution in [2.45, 2.75) is 6.54 Å². The van der Waals surface area contributed by atoms with Crippen LogP contribution < -0.4 is 10.1 Å². The minimum Gasteiger partial charge on any atom is -0.477 e. The molecule has 0 fully saturated rings. The molecule has 128 valence electrons. The van der Waals surface area contributed by atoms with E-state index in [1.165, 1.54) is 10.7 Å². The van der Waals surface area contributed by atoms with E-state index in [4.69, 9.17) is 11.6 Å². The van der Waals surface area contributed by atoms with Gasteiger partial charge in [0.1, 0.15) is 12.9 Å². The molecule has 1 N–H and O–H groups in total. The van der Waals surface area contributed by atoms with Crippen LogP contribution in [0.3, 0.4) is 0 Å². The van der Waals surface area contributed by atoms with E-state index < -0.39 is 0 Å². The molecule has 0 aliphatic rings. The summed E-state index contributed by atoms with van der Waals surface area (Å²) in [7, 11) is 0. The second-order valence-electron chi connectivity index (χ2n) is 5.75. The number of nitrogens with zero attached hydrogens (tertiary/aromatic N) is 4. The molecule has 0 bridgehead atoms. The highest BCUT2D eigenvalue weighted by molar-refractivity contribution is 6.33. The van der Waals surface area contributed by atoms with Crippen molar-refractivity contribution in [3.8, 4) is 17.0 Å². The Bertz CT molecular complexity index is 1160. The summed E-state index contributed by atoms with van der Waals surface area (Å²) in [6, 6.07) is 12.3. The number of hydrogen-bond donors (Lipinski definition) is 1. The van der Waals surface area contributed by atoms with Gasteiger partial charge in [0.15, 0.2) is 5.56 Å². The molecular weight excluding hydrogens is 352 g/mol. The summed E-state index contributed by atoms with van der Waals surface area (Å²) >= 11 is 6.28. The molecule has 4 aromatic rings.